The first-order valence-corrected chi connectivity index (χ1v) is 10.3. The number of piperazine rings is 1. The Hall–Kier alpha value is -3.19. The van der Waals surface area contributed by atoms with Gasteiger partial charge in [0.25, 0.3) is 0 Å². The average molecular weight is 406 g/mol. The molecule has 3 aromatic rings. The van der Waals surface area contributed by atoms with Crippen LogP contribution in [0.4, 0.5) is 0 Å². The molecule has 0 bridgehead atoms. The topological polar surface area (TPSA) is 67.5 Å². The van der Waals surface area contributed by atoms with Gasteiger partial charge in [0.05, 0.1) is 17.6 Å². The van der Waals surface area contributed by atoms with Gasteiger partial charge in [0.2, 0.25) is 5.91 Å². The minimum atomic E-state index is -0.662. The zero-order valence-corrected chi connectivity index (χ0v) is 17.2. The van der Waals surface area contributed by atoms with Gasteiger partial charge in [0.1, 0.15) is 6.54 Å². The molecule has 156 valence electrons. The van der Waals surface area contributed by atoms with E-state index in [4.69, 9.17) is 0 Å². The number of carbonyl (C=O) groups excluding carboxylic acids is 1. The maximum atomic E-state index is 13.0. The number of hydrogen-bond donors (Lipinski definition) is 0. The molecule has 0 N–H and O–H groups in total. The summed E-state index contributed by atoms with van der Waals surface area (Å²) in [5, 5.41) is 0. The Kier molecular flexibility index (Phi) is 5.81. The van der Waals surface area contributed by atoms with Gasteiger partial charge in [-0.25, -0.2) is 0 Å². The van der Waals surface area contributed by atoms with Crippen LogP contribution in [0.15, 0.2) is 64.2 Å². The highest BCUT2D eigenvalue weighted by Crippen LogP contribution is 2.13. The number of benzene rings is 2. The van der Waals surface area contributed by atoms with Crippen molar-refractivity contribution >= 4 is 16.9 Å². The number of carbonyl (C=O) groups is 1. The van der Waals surface area contributed by atoms with E-state index in [1.165, 1.54) is 9.13 Å². The normalized spacial score (nSPS) is 14.9. The molecule has 1 amide bonds. The maximum Gasteiger partial charge on any atom is 0.317 e. The van der Waals surface area contributed by atoms with E-state index in [0.29, 0.717) is 30.7 Å². The molecule has 1 aromatic heterocycles. The van der Waals surface area contributed by atoms with Crippen molar-refractivity contribution in [2.45, 2.75) is 20.0 Å². The SMILES string of the molecule is CCN1CCN(C(=O)Cn2c(=O)c(=O)n(Cc3ccccc3)c3ccccc32)CC1. The zero-order valence-electron chi connectivity index (χ0n) is 17.2. The number of aromatic nitrogens is 2. The van der Waals surface area contributed by atoms with E-state index >= 15 is 0 Å². The van der Waals surface area contributed by atoms with E-state index in [1.54, 1.807) is 11.0 Å². The van der Waals surface area contributed by atoms with Crippen molar-refractivity contribution in [1.29, 1.82) is 0 Å². The summed E-state index contributed by atoms with van der Waals surface area (Å²) in [4.78, 5) is 42.9. The molecule has 0 saturated carbocycles. The molecule has 1 saturated heterocycles. The third kappa shape index (κ3) is 3.93. The molecule has 0 spiro atoms. The highest BCUT2D eigenvalue weighted by Gasteiger charge is 2.22. The number of fused-ring (bicyclic) bond motifs is 1. The third-order valence-electron chi connectivity index (χ3n) is 5.79. The van der Waals surface area contributed by atoms with Crippen molar-refractivity contribution in [3.63, 3.8) is 0 Å². The van der Waals surface area contributed by atoms with E-state index in [1.807, 2.05) is 48.5 Å². The van der Waals surface area contributed by atoms with Crippen LogP contribution in [-0.2, 0) is 17.9 Å². The van der Waals surface area contributed by atoms with E-state index in [0.717, 1.165) is 25.2 Å². The summed E-state index contributed by atoms with van der Waals surface area (Å²) in [7, 11) is 0. The second kappa shape index (κ2) is 8.67. The fraction of sp³-hybridized carbons (Fsp3) is 0.348. The van der Waals surface area contributed by atoms with Crippen LogP contribution < -0.4 is 11.1 Å². The highest BCUT2D eigenvalue weighted by atomic mass is 16.2. The maximum absolute atomic E-state index is 13.0. The standard InChI is InChI=1S/C23H26N4O3/c1-2-24-12-14-25(15-13-24)21(28)17-27-20-11-7-6-10-19(20)26(22(29)23(27)30)16-18-8-4-3-5-9-18/h3-11H,2,12-17H2,1H3. The molecule has 1 aliphatic rings. The lowest BCUT2D eigenvalue weighted by molar-refractivity contribution is -0.133. The smallest absolute Gasteiger partial charge is 0.317 e. The summed E-state index contributed by atoms with van der Waals surface area (Å²) in [5.74, 6) is -0.127. The summed E-state index contributed by atoms with van der Waals surface area (Å²) >= 11 is 0. The lowest BCUT2D eigenvalue weighted by Crippen LogP contribution is -2.50. The van der Waals surface area contributed by atoms with Crippen LogP contribution in [0.25, 0.3) is 11.0 Å². The number of para-hydroxylation sites is 2. The van der Waals surface area contributed by atoms with Gasteiger partial charge in [0, 0.05) is 26.2 Å². The van der Waals surface area contributed by atoms with Crippen molar-refractivity contribution in [2.75, 3.05) is 32.7 Å². The number of hydrogen-bond acceptors (Lipinski definition) is 4. The van der Waals surface area contributed by atoms with Crippen molar-refractivity contribution in [3.8, 4) is 0 Å². The summed E-state index contributed by atoms with van der Waals surface area (Å²) < 4.78 is 2.82. The number of amides is 1. The largest absolute Gasteiger partial charge is 0.339 e. The first-order valence-electron chi connectivity index (χ1n) is 10.3. The fourth-order valence-corrected chi connectivity index (χ4v) is 4.00. The highest BCUT2D eigenvalue weighted by molar-refractivity contribution is 5.80. The average Bonchev–Trinajstić information content (AvgIpc) is 2.80. The Bertz CT molecular complexity index is 1160. The lowest BCUT2D eigenvalue weighted by Gasteiger charge is -2.34. The van der Waals surface area contributed by atoms with Crippen LogP contribution in [0.3, 0.4) is 0 Å². The molecule has 1 fully saturated rings. The number of nitrogens with zero attached hydrogens (tertiary/aromatic N) is 4. The van der Waals surface area contributed by atoms with Gasteiger partial charge in [-0.3, -0.25) is 23.5 Å². The molecule has 0 radical (unpaired) electrons. The van der Waals surface area contributed by atoms with Crippen molar-refractivity contribution < 1.29 is 4.79 Å². The molecule has 0 atom stereocenters. The van der Waals surface area contributed by atoms with Crippen molar-refractivity contribution in [3.05, 3.63) is 80.9 Å². The molecular weight excluding hydrogens is 380 g/mol. The second-order valence-electron chi connectivity index (χ2n) is 7.57. The fourth-order valence-electron chi connectivity index (χ4n) is 4.00. The zero-order chi connectivity index (χ0) is 21.1. The van der Waals surface area contributed by atoms with Crippen LogP contribution in [-0.4, -0.2) is 57.6 Å². The van der Waals surface area contributed by atoms with Crippen LogP contribution in [0.5, 0.6) is 0 Å². The first-order chi connectivity index (χ1) is 14.6. The van der Waals surface area contributed by atoms with Gasteiger partial charge >= 0.3 is 11.1 Å². The van der Waals surface area contributed by atoms with Gasteiger partial charge in [-0.05, 0) is 24.2 Å². The molecule has 7 nitrogen and oxygen atoms in total. The quantitative estimate of drug-likeness (QED) is 0.601. The van der Waals surface area contributed by atoms with E-state index in [2.05, 4.69) is 11.8 Å². The van der Waals surface area contributed by atoms with Crippen LogP contribution in [0.2, 0.25) is 0 Å². The van der Waals surface area contributed by atoms with Gasteiger partial charge in [-0.1, -0.05) is 49.4 Å². The molecular formula is C23H26N4O3. The third-order valence-corrected chi connectivity index (χ3v) is 5.79. The van der Waals surface area contributed by atoms with Crippen LogP contribution in [0, 0.1) is 0 Å². The first kappa shape index (κ1) is 20.1. The summed E-state index contributed by atoms with van der Waals surface area (Å²) in [5.41, 5.74) is 0.909. The predicted octanol–water partition coefficient (Wildman–Crippen LogP) is 1.38. The Morgan fingerprint density at radius 3 is 2.00 bits per heavy atom. The van der Waals surface area contributed by atoms with Crippen LogP contribution in [0.1, 0.15) is 12.5 Å². The monoisotopic (exact) mass is 406 g/mol. The summed E-state index contributed by atoms with van der Waals surface area (Å²) in [6.07, 6.45) is 0. The van der Waals surface area contributed by atoms with E-state index < -0.39 is 11.1 Å². The van der Waals surface area contributed by atoms with Crippen LogP contribution >= 0.6 is 0 Å². The van der Waals surface area contributed by atoms with Crippen molar-refractivity contribution in [1.82, 2.24) is 18.9 Å². The van der Waals surface area contributed by atoms with Gasteiger partial charge < -0.3 is 9.80 Å². The molecule has 2 aromatic carbocycles. The molecule has 30 heavy (non-hydrogen) atoms. The van der Waals surface area contributed by atoms with Crippen molar-refractivity contribution in [2.24, 2.45) is 0 Å². The Labute approximate surface area is 174 Å². The minimum absolute atomic E-state index is 0.118. The molecule has 0 unspecified atom stereocenters. The Balaban J connectivity index is 1.69. The molecule has 1 aliphatic heterocycles. The second-order valence-corrected chi connectivity index (χ2v) is 7.57. The van der Waals surface area contributed by atoms with Gasteiger partial charge in [-0.2, -0.15) is 0 Å². The van der Waals surface area contributed by atoms with E-state index in [9.17, 15) is 14.4 Å². The molecule has 4 rings (SSSR count). The predicted molar refractivity (Wildman–Crippen MR) is 117 cm³/mol. The van der Waals surface area contributed by atoms with Gasteiger partial charge in [0.15, 0.2) is 0 Å². The minimum Gasteiger partial charge on any atom is -0.339 e. The molecule has 0 aliphatic carbocycles. The Morgan fingerprint density at radius 2 is 1.37 bits per heavy atom. The Morgan fingerprint density at radius 1 is 0.800 bits per heavy atom. The number of likely N-dealkylation sites (N-methyl/N-ethyl adjacent to an activating group) is 1. The summed E-state index contributed by atoms with van der Waals surface area (Å²) in [6, 6.07) is 16.8. The summed E-state index contributed by atoms with van der Waals surface area (Å²) in [6.45, 7) is 6.21. The number of rotatable bonds is 5. The molecule has 2 heterocycles. The lowest BCUT2D eigenvalue weighted by atomic mass is 10.2. The van der Waals surface area contributed by atoms with Gasteiger partial charge in [-0.15, -0.1) is 0 Å². The van der Waals surface area contributed by atoms with E-state index in [-0.39, 0.29) is 12.5 Å². The molecule has 7 heteroatoms.